The molecule has 11 rings (SSSR count). The van der Waals surface area contributed by atoms with Crippen molar-refractivity contribution >= 4 is 72.0 Å². The molecule has 8 aromatic carbocycles. The van der Waals surface area contributed by atoms with E-state index in [0.717, 1.165) is 94.3 Å². The zero-order valence-corrected chi connectivity index (χ0v) is 28.9. The van der Waals surface area contributed by atoms with Gasteiger partial charge < -0.3 is 18.2 Å². The summed E-state index contributed by atoms with van der Waals surface area (Å²) in [4.78, 5) is 7.12. The van der Waals surface area contributed by atoms with Gasteiger partial charge in [0, 0.05) is 38.7 Å². The predicted molar refractivity (Wildman–Crippen MR) is 220 cm³/mol. The molecule has 5 nitrogen and oxygen atoms in total. The minimum absolute atomic E-state index is 0.585. The van der Waals surface area contributed by atoms with Crippen LogP contribution in [0.5, 0.6) is 0 Å². The van der Waals surface area contributed by atoms with Gasteiger partial charge in [0.25, 0.3) is 0 Å². The highest BCUT2D eigenvalue weighted by atomic mass is 16.4. The lowest BCUT2D eigenvalue weighted by Crippen LogP contribution is -2.10. The standard InChI is InChI=1S/C49H30N2O3/c1-3-12-31(13-4-1)34-16-9-17-36(30-34)51(35-26-24-32(25-27-35)37-19-10-20-39-38-18-7-8-23-43(38)52-46(37)39)42-22-11-21-40-45-44(53-47(40)42)29-28-41-48(45)54-49(50-41)33-14-5-2-6-15-33/h1-30H. The van der Waals surface area contributed by atoms with Crippen LogP contribution in [-0.4, -0.2) is 4.98 Å². The Morgan fingerprint density at radius 3 is 1.93 bits per heavy atom. The van der Waals surface area contributed by atoms with Crippen LogP contribution in [0.25, 0.3) is 88.7 Å². The first-order chi connectivity index (χ1) is 26.8. The molecule has 54 heavy (non-hydrogen) atoms. The molecule has 0 unspecified atom stereocenters. The third kappa shape index (κ3) is 4.83. The van der Waals surface area contributed by atoms with Crippen molar-refractivity contribution < 1.29 is 13.3 Å². The lowest BCUT2D eigenvalue weighted by molar-refractivity contribution is 0.622. The second-order valence-corrected chi connectivity index (χ2v) is 13.5. The average Bonchev–Trinajstić information content (AvgIpc) is 3.96. The largest absolute Gasteiger partial charge is 0.455 e. The van der Waals surface area contributed by atoms with Crippen LogP contribution in [0.2, 0.25) is 0 Å². The Hall–Kier alpha value is -7.37. The highest BCUT2D eigenvalue weighted by Gasteiger charge is 2.23. The quantitative estimate of drug-likeness (QED) is 0.173. The molecule has 5 heteroatoms. The molecule has 0 saturated carbocycles. The molecule has 0 saturated heterocycles. The van der Waals surface area contributed by atoms with Gasteiger partial charge in [0.05, 0.1) is 11.1 Å². The van der Waals surface area contributed by atoms with Crippen molar-refractivity contribution in [2.24, 2.45) is 0 Å². The Kier molecular flexibility index (Phi) is 6.79. The van der Waals surface area contributed by atoms with Crippen molar-refractivity contribution in [2.45, 2.75) is 0 Å². The third-order valence-electron chi connectivity index (χ3n) is 10.3. The lowest BCUT2D eigenvalue weighted by Gasteiger charge is -2.26. The highest BCUT2D eigenvalue weighted by Crippen LogP contribution is 2.45. The fraction of sp³-hybridized carbons (Fsp3) is 0. The Labute approximate surface area is 309 Å². The van der Waals surface area contributed by atoms with Gasteiger partial charge in [-0.05, 0) is 77.4 Å². The molecule has 3 heterocycles. The Bertz CT molecular complexity index is 3160. The molecule has 0 aliphatic rings. The number of anilines is 3. The number of para-hydroxylation sites is 3. The summed E-state index contributed by atoms with van der Waals surface area (Å²) in [5.41, 5.74) is 13.0. The van der Waals surface area contributed by atoms with Gasteiger partial charge in [0.15, 0.2) is 11.2 Å². The van der Waals surface area contributed by atoms with Crippen LogP contribution in [0.3, 0.4) is 0 Å². The van der Waals surface area contributed by atoms with Gasteiger partial charge in [-0.2, -0.15) is 0 Å². The number of oxazole rings is 1. The monoisotopic (exact) mass is 694 g/mol. The molecule has 0 bridgehead atoms. The molecule has 11 aromatic rings. The van der Waals surface area contributed by atoms with Gasteiger partial charge >= 0.3 is 0 Å². The molecule has 0 N–H and O–H groups in total. The fourth-order valence-corrected chi connectivity index (χ4v) is 7.78. The molecule has 0 radical (unpaired) electrons. The normalized spacial score (nSPS) is 11.7. The molecule has 3 aromatic heterocycles. The van der Waals surface area contributed by atoms with E-state index in [0.29, 0.717) is 11.5 Å². The summed E-state index contributed by atoms with van der Waals surface area (Å²) in [6.07, 6.45) is 0. The molecule has 254 valence electrons. The number of aromatic nitrogens is 1. The maximum Gasteiger partial charge on any atom is 0.227 e. The third-order valence-corrected chi connectivity index (χ3v) is 10.3. The fourth-order valence-electron chi connectivity index (χ4n) is 7.78. The van der Waals surface area contributed by atoms with E-state index < -0.39 is 0 Å². The Morgan fingerprint density at radius 2 is 1.07 bits per heavy atom. The second kappa shape index (κ2) is 12.1. The molecular weight excluding hydrogens is 665 g/mol. The zero-order chi connectivity index (χ0) is 35.6. The summed E-state index contributed by atoms with van der Waals surface area (Å²) in [6.45, 7) is 0. The number of hydrogen-bond acceptors (Lipinski definition) is 5. The van der Waals surface area contributed by atoms with Gasteiger partial charge in [0.2, 0.25) is 5.89 Å². The summed E-state index contributed by atoms with van der Waals surface area (Å²) < 4.78 is 19.7. The van der Waals surface area contributed by atoms with Crippen LogP contribution < -0.4 is 4.90 Å². The van der Waals surface area contributed by atoms with Crippen molar-refractivity contribution in [1.29, 1.82) is 0 Å². The molecule has 0 spiro atoms. The van der Waals surface area contributed by atoms with E-state index in [-0.39, 0.29) is 0 Å². The van der Waals surface area contributed by atoms with Crippen molar-refractivity contribution in [3.63, 3.8) is 0 Å². The Morgan fingerprint density at radius 1 is 0.389 bits per heavy atom. The summed E-state index contributed by atoms with van der Waals surface area (Å²) in [5, 5.41) is 4.10. The number of rotatable bonds is 6. The molecular formula is C49H30N2O3. The topological polar surface area (TPSA) is 55.6 Å². The smallest absolute Gasteiger partial charge is 0.227 e. The van der Waals surface area contributed by atoms with E-state index in [4.69, 9.17) is 18.2 Å². The number of nitrogens with zero attached hydrogens (tertiary/aromatic N) is 2. The summed E-state index contributed by atoms with van der Waals surface area (Å²) in [7, 11) is 0. The van der Waals surface area contributed by atoms with E-state index >= 15 is 0 Å². The lowest BCUT2D eigenvalue weighted by atomic mass is 10.0. The number of furan rings is 2. The Balaban J connectivity index is 1.09. The van der Waals surface area contributed by atoms with Gasteiger partial charge in [-0.15, -0.1) is 0 Å². The van der Waals surface area contributed by atoms with E-state index in [2.05, 4.69) is 126 Å². The minimum Gasteiger partial charge on any atom is -0.455 e. The number of hydrogen-bond donors (Lipinski definition) is 0. The van der Waals surface area contributed by atoms with Crippen molar-refractivity contribution in [1.82, 2.24) is 4.98 Å². The maximum atomic E-state index is 6.77. The van der Waals surface area contributed by atoms with Gasteiger partial charge in [-0.1, -0.05) is 121 Å². The minimum atomic E-state index is 0.585. The first-order valence-corrected chi connectivity index (χ1v) is 18.0. The first kappa shape index (κ1) is 30.3. The second-order valence-electron chi connectivity index (χ2n) is 13.5. The molecule has 0 aliphatic carbocycles. The van der Waals surface area contributed by atoms with Crippen LogP contribution in [-0.2, 0) is 0 Å². The van der Waals surface area contributed by atoms with E-state index in [9.17, 15) is 0 Å². The molecule has 0 atom stereocenters. The maximum absolute atomic E-state index is 6.77. The number of benzene rings is 8. The summed E-state index contributed by atoms with van der Waals surface area (Å²) >= 11 is 0. The molecule has 0 aliphatic heterocycles. The highest BCUT2D eigenvalue weighted by molar-refractivity contribution is 6.19. The van der Waals surface area contributed by atoms with Crippen LogP contribution >= 0.6 is 0 Å². The predicted octanol–water partition coefficient (Wildman–Crippen LogP) is 14.1. The first-order valence-electron chi connectivity index (χ1n) is 18.0. The van der Waals surface area contributed by atoms with E-state index in [1.807, 2.05) is 60.7 Å². The van der Waals surface area contributed by atoms with Gasteiger partial charge in [-0.25, -0.2) is 4.98 Å². The van der Waals surface area contributed by atoms with Gasteiger partial charge in [0.1, 0.15) is 22.3 Å². The van der Waals surface area contributed by atoms with Crippen molar-refractivity contribution in [2.75, 3.05) is 4.90 Å². The van der Waals surface area contributed by atoms with E-state index in [1.165, 1.54) is 0 Å². The van der Waals surface area contributed by atoms with Crippen LogP contribution in [0.1, 0.15) is 0 Å². The summed E-state index contributed by atoms with van der Waals surface area (Å²) in [5.74, 6) is 0.585. The molecule has 0 amide bonds. The van der Waals surface area contributed by atoms with Crippen LogP contribution in [0, 0.1) is 0 Å². The SMILES string of the molecule is c1ccc(-c2cccc(N(c3ccc(-c4cccc5c4oc4ccccc45)cc3)c3cccc4c3oc3ccc5nc(-c6ccccc6)oc5c34)c2)cc1. The zero-order valence-electron chi connectivity index (χ0n) is 28.9. The van der Waals surface area contributed by atoms with Crippen LogP contribution in [0.4, 0.5) is 17.1 Å². The summed E-state index contributed by atoms with van der Waals surface area (Å²) in [6, 6.07) is 62.7. The van der Waals surface area contributed by atoms with Crippen molar-refractivity contribution in [3.05, 3.63) is 182 Å². The van der Waals surface area contributed by atoms with E-state index in [1.54, 1.807) is 0 Å². The number of fused-ring (bicyclic) bond motifs is 8. The van der Waals surface area contributed by atoms with Gasteiger partial charge in [-0.3, -0.25) is 0 Å². The van der Waals surface area contributed by atoms with Crippen molar-refractivity contribution in [3.8, 4) is 33.7 Å². The average molecular weight is 695 g/mol. The van der Waals surface area contributed by atoms with Crippen LogP contribution in [0.15, 0.2) is 195 Å². The molecule has 0 fully saturated rings.